The Bertz CT molecular complexity index is 385. The highest BCUT2D eigenvalue weighted by molar-refractivity contribution is 5.31. The SMILES string of the molecule is Nc1ccnc(N)n1.Nc1ccncn1. The summed E-state index contributed by atoms with van der Waals surface area (Å²) < 4.78 is 0. The third-order valence-corrected chi connectivity index (χ3v) is 1.30. The summed E-state index contributed by atoms with van der Waals surface area (Å²) in [5.74, 6) is 1.12. The summed E-state index contributed by atoms with van der Waals surface area (Å²) in [6.45, 7) is 0. The fourth-order valence-electron chi connectivity index (χ4n) is 0.689. The number of nitrogens with two attached hydrogens (primary N) is 3. The average molecular weight is 205 g/mol. The lowest BCUT2D eigenvalue weighted by atomic mass is 10.6. The standard InChI is InChI=1S/C4H6N4.C4H5N3/c5-3-1-2-7-4(6)8-3;5-4-1-2-6-3-7-4/h1-2H,(H4,5,6,7,8);1-3H,(H2,5,6,7). The van der Waals surface area contributed by atoms with Gasteiger partial charge in [-0.25, -0.2) is 15.0 Å². The van der Waals surface area contributed by atoms with E-state index >= 15 is 0 Å². The van der Waals surface area contributed by atoms with Crippen LogP contribution in [0.4, 0.5) is 17.6 Å². The molecule has 78 valence electrons. The summed E-state index contributed by atoms with van der Waals surface area (Å²) in [6.07, 6.45) is 4.52. The van der Waals surface area contributed by atoms with Gasteiger partial charge in [-0.3, -0.25) is 0 Å². The number of rotatable bonds is 0. The van der Waals surface area contributed by atoms with Crippen molar-refractivity contribution in [1.29, 1.82) is 0 Å². The lowest BCUT2D eigenvalue weighted by Crippen LogP contribution is -1.96. The van der Waals surface area contributed by atoms with Gasteiger partial charge in [-0.2, -0.15) is 4.98 Å². The first-order chi connectivity index (χ1) is 7.18. The molecular weight excluding hydrogens is 194 g/mol. The maximum Gasteiger partial charge on any atom is 0.221 e. The molecule has 0 unspecified atom stereocenters. The Morgan fingerprint density at radius 1 is 0.867 bits per heavy atom. The van der Waals surface area contributed by atoms with E-state index < -0.39 is 0 Å². The first-order valence-electron chi connectivity index (χ1n) is 4.04. The minimum Gasteiger partial charge on any atom is -0.384 e. The first-order valence-corrected chi connectivity index (χ1v) is 4.04. The Morgan fingerprint density at radius 2 is 1.60 bits per heavy atom. The second kappa shape index (κ2) is 5.32. The number of nitrogen functional groups attached to an aromatic ring is 3. The molecule has 2 aromatic heterocycles. The molecule has 0 aliphatic rings. The van der Waals surface area contributed by atoms with Crippen LogP contribution in [0.2, 0.25) is 0 Å². The monoisotopic (exact) mass is 205 g/mol. The van der Waals surface area contributed by atoms with Gasteiger partial charge in [0.05, 0.1) is 0 Å². The normalized spacial score (nSPS) is 8.80. The van der Waals surface area contributed by atoms with E-state index in [9.17, 15) is 0 Å². The van der Waals surface area contributed by atoms with Crippen LogP contribution in [0.3, 0.4) is 0 Å². The highest BCUT2D eigenvalue weighted by Gasteiger charge is 1.84. The molecule has 15 heavy (non-hydrogen) atoms. The van der Waals surface area contributed by atoms with Gasteiger partial charge in [-0.15, -0.1) is 0 Å². The maximum atomic E-state index is 5.23. The molecule has 0 fully saturated rings. The molecule has 7 heteroatoms. The van der Waals surface area contributed by atoms with Gasteiger partial charge in [0, 0.05) is 12.4 Å². The molecule has 2 rings (SSSR count). The molecule has 6 N–H and O–H groups in total. The van der Waals surface area contributed by atoms with E-state index in [0.29, 0.717) is 11.6 Å². The first kappa shape index (κ1) is 10.6. The van der Waals surface area contributed by atoms with E-state index in [4.69, 9.17) is 17.2 Å². The van der Waals surface area contributed by atoms with Crippen molar-refractivity contribution >= 4 is 17.6 Å². The summed E-state index contributed by atoms with van der Waals surface area (Å²) in [5.41, 5.74) is 15.6. The van der Waals surface area contributed by atoms with Gasteiger partial charge in [-0.1, -0.05) is 0 Å². The number of hydrogen-bond acceptors (Lipinski definition) is 7. The van der Waals surface area contributed by atoms with Crippen LogP contribution in [0.5, 0.6) is 0 Å². The summed E-state index contributed by atoms with van der Waals surface area (Å²) in [7, 11) is 0. The molecule has 0 saturated heterocycles. The van der Waals surface area contributed by atoms with Crippen molar-refractivity contribution in [2.24, 2.45) is 0 Å². The molecule has 0 radical (unpaired) electrons. The molecule has 0 spiro atoms. The summed E-state index contributed by atoms with van der Waals surface area (Å²) >= 11 is 0. The number of anilines is 3. The molecule has 0 aromatic carbocycles. The second-order valence-electron chi connectivity index (χ2n) is 2.47. The molecule has 0 saturated carbocycles. The minimum absolute atomic E-state index is 0.213. The third-order valence-electron chi connectivity index (χ3n) is 1.30. The van der Waals surface area contributed by atoms with Gasteiger partial charge < -0.3 is 17.2 Å². The van der Waals surface area contributed by atoms with E-state index in [1.165, 1.54) is 12.5 Å². The van der Waals surface area contributed by atoms with Crippen LogP contribution in [0.25, 0.3) is 0 Å². The van der Waals surface area contributed by atoms with Crippen LogP contribution in [-0.4, -0.2) is 19.9 Å². The van der Waals surface area contributed by atoms with Crippen molar-refractivity contribution in [1.82, 2.24) is 19.9 Å². The predicted octanol–water partition coefficient (Wildman–Crippen LogP) is -0.300. The molecule has 0 bridgehead atoms. The van der Waals surface area contributed by atoms with Gasteiger partial charge in [-0.05, 0) is 12.1 Å². The fraction of sp³-hybridized carbons (Fsp3) is 0. The van der Waals surface area contributed by atoms with E-state index in [-0.39, 0.29) is 5.95 Å². The van der Waals surface area contributed by atoms with E-state index in [2.05, 4.69) is 19.9 Å². The zero-order chi connectivity index (χ0) is 11.1. The van der Waals surface area contributed by atoms with E-state index in [1.807, 2.05) is 0 Å². The van der Waals surface area contributed by atoms with E-state index in [1.54, 1.807) is 18.3 Å². The van der Waals surface area contributed by atoms with Crippen molar-refractivity contribution < 1.29 is 0 Å². The Balaban J connectivity index is 0.000000151. The molecule has 0 aliphatic carbocycles. The number of nitrogens with zero attached hydrogens (tertiary/aromatic N) is 4. The topological polar surface area (TPSA) is 130 Å². The molecule has 0 amide bonds. The third kappa shape index (κ3) is 4.36. The lowest BCUT2D eigenvalue weighted by Gasteiger charge is -1.89. The molecule has 2 aromatic rings. The number of aromatic nitrogens is 4. The van der Waals surface area contributed by atoms with Crippen molar-refractivity contribution in [2.45, 2.75) is 0 Å². The summed E-state index contributed by atoms with van der Waals surface area (Å²) in [6, 6.07) is 3.22. The molecular formula is C8H11N7. The number of hydrogen-bond donors (Lipinski definition) is 3. The molecule has 2 heterocycles. The summed E-state index contributed by atoms with van der Waals surface area (Å²) in [5, 5.41) is 0. The van der Waals surface area contributed by atoms with Gasteiger partial charge in [0.25, 0.3) is 0 Å². The van der Waals surface area contributed by atoms with Crippen LogP contribution in [0.1, 0.15) is 0 Å². The van der Waals surface area contributed by atoms with Gasteiger partial charge in [0.1, 0.15) is 18.0 Å². The molecule has 7 nitrogen and oxygen atoms in total. The predicted molar refractivity (Wildman–Crippen MR) is 57.3 cm³/mol. The maximum absolute atomic E-state index is 5.23. The highest BCUT2D eigenvalue weighted by atomic mass is 15.0. The van der Waals surface area contributed by atoms with Crippen molar-refractivity contribution in [2.75, 3.05) is 17.2 Å². The Hall–Kier alpha value is -2.44. The summed E-state index contributed by atoms with van der Waals surface area (Å²) in [4.78, 5) is 14.5. The zero-order valence-electron chi connectivity index (χ0n) is 7.91. The Labute approximate surface area is 86.4 Å². The average Bonchev–Trinajstić information content (AvgIpc) is 2.19. The largest absolute Gasteiger partial charge is 0.384 e. The zero-order valence-corrected chi connectivity index (χ0v) is 7.91. The lowest BCUT2D eigenvalue weighted by molar-refractivity contribution is 1.18. The molecule has 0 aliphatic heterocycles. The quantitative estimate of drug-likeness (QED) is 0.538. The van der Waals surface area contributed by atoms with Crippen LogP contribution in [0, 0.1) is 0 Å². The van der Waals surface area contributed by atoms with Crippen LogP contribution in [0.15, 0.2) is 30.9 Å². The van der Waals surface area contributed by atoms with Crippen LogP contribution >= 0.6 is 0 Å². The minimum atomic E-state index is 0.213. The Kier molecular flexibility index (Phi) is 3.78. The second-order valence-corrected chi connectivity index (χ2v) is 2.47. The highest BCUT2D eigenvalue weighted by Crippen LogP contribution is 1.94. The van der Waals surface area contributed by atoms with Crippen molar-refractivity contribution in [3.63, 3.8) is 0 Å². The van der Waals surface area contributed by atoms with Gasteiger partial charge >= 0.3 is 0 Å². The van der Waals surface area contributed by atoms with Crippen LogP contribution in [-0.2, 0) is 0 Å². The smallest absolute Gasteiger partial charge is 0.221 e. The van der Waals surface area contributed by atoms with Crippen LogP contribution < -0.4 is 17.2 Å². The molecule has 0 atom stereocenters. The van der Waals surface area contributed by atoms with E-state index in [0.717, 1.165) is 0 Å². The van der Waals surface area contributed by atoms with Gasteiger partial charge in [0.2, 0.25) is 5.95 Å². The van der Waals surface area contributed by atoms with Crippen molar-refractivity contribution in [3.05, 3.63) is 30.9 Å². The Morgan fingerprint density at radius 3 is 1.93 bits per heavy atom. The van der Waals surface area contributed by atoms with Gasteiger partial charge in [0.15, 0.2) is 0 Å². The fourth-order valence-corrected chi connectivity index (χ4v) is 0.689. The van der Waals surface area contributed by atoms with Crippen molar-refractivity contribution in [3.8, 4) is 0 Å².